The summed E-state index contributed by atoms with van der Waals surface area (Å²) in [6, 6.07) is 0. The van der Waals surface area contributed by atoms with Crippen LogP contribution in [0.2, 0.25) is 0 Å². The van der Waals surface area contributed by atoms with Gasteiger partial charge in [0.15, 0.2) is 10.0 Å². The van der Waals surface area contributed by atoms with E-state index in [2.05, 4.69) is 9.97 Å². The fourth-order valence-corrected chi connectivity index (χ4v) is 2.23. The van der Waals surface area contributed by atoms with Gasteiger partial charge in [-0.15, -0.1) is 22.7 Å². The summed E-state index contributed by atoms with van der Waals surface area (Å²) < 4.78 is 0. The Morgan fingerprint density at radius 1 is 1.07 bits per heavy atom. The molecule has 14 heavy (non-hydrogen) atoms. The fourth-order valence-electron chi connectivity index (χ4n) is 0.872. The van der Waals surface area contributed by atoms with Crippen molar-refractivity contribution in [2.24, 2.45) is 0 Å². The lowest BCUT2D eigenvalue weighted by molar-refractivity contribution is 0.103. The Kier molecular flexibility index (Phi) is 2.18. The fraction of sp³-hybridized carbons (Fsp3) is 0. The highest BCUT2D eigenvalue weighted by Crippen LogP contribution is 2.19. The van der Waals surface area contributed by atoms with E-state index in [1.54, 1.807) is 10.8 Å². The molecule has 0 aromatic carbocycles. The lowest BCUT2D eigenvalue weighted by Crippen LogP contribution is -2.00. The van der Waals surface area contributed by atoms with Crippen molar-refractivity contribution in [2.75, 3.05) is 11.5 Å². The predicted octanol–water partition coefficient (Wildman–Crippen LogP) is 0.995. The van der Waals surface area contributed by atoms with Crippen LogP contribution in [0.4, 0.5) is 11.6 Å². The molecule has 2 heterocycles. The SMILES string of the molecule is Nc1csc(C(=O)c2nc(N)cs2)n1. The predicted molar refractivity (Wildman–Crippen MR) is 56.5 cm³/mol. The summed E-state index contributed by atoms with van der Waals surface area (Å²) in [5, 5.41) is 3.92. The Morgan fingerprint density at radius 3 is 1.79 bits per heavy atom. The Labute approximate surface area is 87.4 Å². The molecule has 0 saturated carbocycles. The van der Waals surface area contributed by atoms with Crippen LogP contribution >= 0.6 is 22.7 Å². The minimum Gasteiger partial charge on any atom is -0.383 e. The van der Waals surface area contributed by atoms with E-state index in [1.165, 1.54) is 22.7 Å². The van der Waals surface area contributed by atoms with E-state index in [0.717, 1.165) is 0 Å². The van der Waals surface area contributed by atoms with Crippen LogP contribution in [0.5, 0.6) is 0 Å². The van der Waals surface area contributed by atoms with Crippen molar-refractivity contribution in [1.82, 2.24) is 9.97 Å². The highest BCUT2D eigenvalue weighted by molar-refractivity contribution is 7.15. The molecule has 0 unspecified atom stereocenters. The normalized spacial score (nSPS) is 10.3. The third-order valence-electron chi connectivity index (χ3n) is 1.43. The van der Waals surface area contributed by atoms with E-state index >= 15 is 0 Å². The molecule has 0 aliphatic carbocycles. The molecular weight excluding hydrogens is 220 g/mol. The second-order valence-corrected chi connectivity index (χ2v) is 4.20. The minimum absolute atomic E-state index is 0.228. The number of hydrogen-bond donors (Lipinski definition) is 2. The maximum absolute atomic E-state index is 11.7. The maximum Gasteiger partial charge on any atom is 0.250 e. The average Bonchev–Trinajstić information content (AvgIpc) is 2.73. The topological polar surface area (TPSA) is 94.9 Å². The van der Waals surface area contributed by atoms with Crippen LogP contribution < -0.4 is 11.5 Å². The molecule has 0 saturated heterocycles. The average molecular weight is 226 g/mol. The van der Waals surface area contributed by atoms with E-state index in [4.69, 9.17) is 11.5 Å². The van der Waals surface area contributed by atoms with Crippen LogP contribution in [0.25, 0.3) is 0 Å². The Balaban J connectivity index is 2.33. The van der Waals surface area contributed by atoms with Crippen LogP contribution in [-0.4, -0.2) is 15.8 Å². The summed E-state index contributed by atoms with van der Waals surface area (Å²) in [4.78, 5) is 19.4. The van der Waals surface area contributed by atoms with Crippen LogP contribution in [0.3, 0.4) is 0 Å². The van der Waals surface area contributed by atoms with E-state index in [9.17, 15) is 4.79 Å². The second-order valence-electron chi connectivity index (χ2n) is 2.48. The van der Waals surface area contributed by atoms with Crippen molar-refractivity contribution in [1.29, 1.82) is 0 Å². The maximum atomic E-state index is 11.7. The van der Waals surface area contributed by atoms with Gasteiger partial charge in [-0.05, 0) is 0 Å². The third-order valence-corrected chi connectivity index (χ3v) is 3.15. The van der Waals surface area contributed by atoms with E-state index in [-0.39, 0.29) is 5.78 Å². The van der Waals surface area contributed by atoms with Crippen molar-refractivity contribution in [3.63, 3.8) is 0 Å². The van der Waals surface area contributed by atoms with Crippen LogP contribution in [-0.2, 0) is 0 Å². The zero-order valence-corrected chi connectivity index (χ0v) is 8.56. The number of nitrogen functional groups attached to an aromatic ring is 2. The molecule has 2 rings (SSSR count). The molecule has 0 atom stereocenters. The minimum atomic E-state index is -0.228. The highest BCUT2D eigenvalue weighted by atomic mass is 32.1. The van der Waals surface area contributed by atoms with Gasteiger partial charge >= 0.3 is 0 Å². The van der Waals surface area contributed by atoms with Crippen molar-refractivity contribution >= 4 is 40.1 Å². The lowest BCUT2D eigenvalue weighted by Gasteiger charge is -1.88. The van der Waals surface area contributed by atoms with Gasteiger partial charge in [0.1, 0.15) is 11.6 Å². The monoisotopic (exact) mass is 226 g/mol. The van der Waals surface area contributed by atoms with Gasteiger partial charge in [0.2, 0.25) is 5.78 Å². The molecule has 0 bridgehead atoms. The third kappa shape index (κ3) is 1.59. The summed E-state index contributed by atoms with van der Waals surface area (Å²) in [5.74, 6) is 0.471. The molecule has 0 aliphatic rings. The quantitative estimate of drug-likeness (QED) is 0.745. The smallest absolute Gasteiger partial charge is 0.250 e. The summed E-state index contributed by atoms with van der Waals surface area (Å²) >= 11 is 2.40. The Morgan fingerprint density at radius 2 is 1.50 bits per heavy atom. The zero-order valence-electron chi connectivity index (χ0n) is 6.93. The first-order valence-electron chi connectivity index (χ1n) is 3.63. The standard InChI is InChI=1S/C7H6N4OS2/c8-3-1-13-6(10-3)5(12)7-11-4(9)2-14-7/h1-2H,8-9H2. The van der Waals surface area contributed by atoms with E-state index in [0.29, 0.717) is 21.7 Å². The first-order valence-corrected chi connectivity index (χ1v) is 5.39. The number of carbonyl (C=O) groups excluding carboxylic acids is 1. The van der Waals surface area contributed by atoms with Gasteiger partial charge in [-0.3, -0.25) is 4.79 Å². The number of ketones is 1. The number of aromatic nitrogens is 2. The molecule has 0 aliphatic heterocycles. The summed E-state index contributed by atoms with van der Waals surface area (Å²) in [5.41, 5.74) is 10.8. The Bertz CT molecular complexity index is 433. The van der Waals surface area contributed by atoms with Gasteiger partial charge in [-0.2, -0.15) is 0 Å². The molecule has 0 fully saturated rings. The molecule has 72 valence electrons. The molecular formula is C7H6N4OS2. The van der Waals surface area contributed by atoms with Crippen LogP contribution in [0, 0.1) is 0 Å². The Hall–Kier alpha value is -1.47. The molecule has 2 aromatic heterocycles. The van der Waals surface area contributed by atoms with Crippen molar-refractivity contribution in [2.45, 2.75) is 0 Å². The van der Waals surface area contributed by atoms with Gasteiger partial charge in [0, 0.05) is 10.8 Å². The largest absolute Gasteiger partial charge is 0.383 e. The van der Waals surface area contributed by atoms with Gasteiger partial charge in [0.25, 0.3) is 0 Å². The molecule has 0 radical (unpaired) electrons. The van der Waals surface area contributed by atoms with Crippen molar-refractivity contribution in [3.05, 3.63) is 20.8 Å². The molecule has 2 aromatic rings. The van der Waals surface area contributed by atoms with Crippen molar-refractivity contribution < 1.29 is 4.79 Å². The molecule has 5 nitrogen and oxygen atoms in total. The molecule has 0 spiro atoms. The van der Waals surface area contributed by atoms with Gasteiger partial charge in [-0.1, -0.05) is 0 Å². The van der Waals surface area contributed by atoms with Crippen molar-refractivity contribution in [3.8, 4) is 0 Å². The summed E-state index contributed by atoms with van der Waals surface area (Å²) in [7, 11) is 0. The number of anilines is 2. The number of rotatable bonds is 2. The first-order chi connectivity index (χ1) is 6.66. The van der Waals surface area contributed by atoms with E-state index < -0.39 is 0 Å². The summed E-state index contributed by atoms with van der Waals surface area (Å²) in [6.45, 7) is 0. The summed E-state index contributed by atoms with van der Waals surface area (Å²) in [6.07, 6.45) is 0. The first kappa shape index (κ1) is 9.10. The molecule has 0 amide bonds. The van der Waals surface area contributed by atoms with Gasteiger partial charge in [0.05, 0.1) is 0 Å². The highest BCUT2D eigenvalue weighted by Gasteiger charge is 2.16. The number of nitrogens with zero attached hydrogens (tertiary/aromatic N) is 2. The van der Waals surface area contributed by atoms with Crippen LogP contribution in [0.1, 0.15) is 14.8 Å². The molecule has 7 heteroatoms. The number of hydrogen-bond acceptors (Lipinski definition) is 7. The lowest BCUT2D eigenvalue weighted by atomic mass is 10.4. The second kappa shape index (κ2) is 3.35. The van der Waals surface area contributed by atoms with Gasteiger partial charge in [-0.25, -0.2) is 9.97 Å². The van der Waals surface area contributed by atoms with E-state index in [1.807, 2.05) is 0 Å². The molecule has 4 N–H and O–H groups in total. The zero-order chi connectivity index (χ0) is 10.1. The number of nitrogens with two attached hydrogens (primary N) is 2. The van der Waals surface area contributed by atoms with Crippen LogP contribution in [0.15, 0.2) is 10.8 Å². The number of thiazole rings is 2. The number of carbonyl (C=O) groups is 1. The van der Waals surface area contributed by atoms with Gasteiger partial charge < -0.3 is 11.5 Å².